The van der Waals surface area contributed by atoms with Crippen molar-refractivity contribution in [1.29, 1.82) is 0 Å². The smallest absolute Gasteiger partial charge is 0.255 e. The number of ketones is 1. The Balaban J connectivity index is 1.77. The van der Waals surface area contributed by atoms with E-state index in [1.807, 2.05) is 32.9 Å². The van der Waals surface area contributed by atoms with Gasteiger partial charge in [-0.1, -0.05) is 20.8 Å². The molecular weight excluding hydrogens is 340 g/mol. The molecule has 3 rings (SSSR count). The number of aromatic nitrogens is 2. The molecule has 2 heterocycles. The van der Waals surface area contributed by atoms with Crippen LogP contribution in [0.25, 0.3) is 17.1 Å². The molecule has 0 fully saturated rings. The van der Waals surface area contributed by atoms with Gasteiger partial charge in [-0.3, -0.25) is 9.59 Å². The summed E-state index contributed by atoms with van der Waals surface area (Å²) in [7, 11) is 0. The van der Waals surface area contributed by atoms with Gasteiger partial charge in [0.15, 0.2) is 5.78 Å². The van der Waals surface area contributed by atoms with E-state index < -0.39 is 5.41 Å². The van der Waals surface area contributed by atoms with Gasteiger partial charge in [-0.15, -0.1) is 0 Å². The number of H-pyrrole nitrogens is 1. The van der Waals surface area contributed by atoms with Gasteiger partial charge < -0.3 is 16.0 Å². The summed E-state index contributed by atoms with van der Waals surface area (Å²) in [5.74, 6) is -0.187. The minimum Gasteiger partial charge on any atom is -0.399 e. The second kappa shape index (κ2) is 7.07. The number of carbonyl (C=O) groups excluding carboxylic acids is 2. The molecular formula is C21H22N4O2. The average Bonchev–Trinajstić information content (AvgIpc) is 3.01. The van der Waals surface area contributed by atoms with Crippen LogP contribution in [0.15, 0.2) is 48.7 Å². The van der Waals surface area contributed by atoms with Crippen LogP contribution < -0.4 is 11.1 Å². The van der Waals surface area contributed by atoms with Crippen LogP contribution in [0.3, 0.4) is 0 Å². The SMILES string of the molecule is CC(C)(C)C(=O)/C=C/c1cc2cc(NC(=O)c3ccc(N)cc3)cnc2[nH]1. The van der Waals surface area contributed by atoms with Gasteiger partial charge in [-0.25, -0.2) is 4.98 Å². The highest BCUT2D eigenvalue weighted by molar-refractivity contribution is 6.05. The first-order valence-corrected chi connectivity index (χ1v) is 8.60. The fourth-order valence-corrected chi connectivity index (χ4v) is 2.45. The number of aromatic amines is 1. The molecule has 3 aromatic rings. The lowest BCUT2D eigenvalue weighted by molar-refractivity contribution is -0.121. The fourth-order valence-electron chi connectivity index (χ4n) is 2.45. The summed E-state index contributed by atoms with van der Waals surface area (Å²) in [5.41, 5.74) is 8.39. The van der Waals surface area contributed by atoms with Crippen LogP contribution in [0, 0.1) is 5.41 Å². The molecule has 4 N–H and O–H groups in total. The number of pyridine rings is 1. The monoisotopic (exact) mass is 362 g/mol. The third-order valence-corrected chi connectivity index (χ3v) is 4.08. The maximum atomic E-state index is 12.3. The number of anilines is 2. The number of allylic oxidation sites excluding steroid dienone is 1. The second-order valence-electron chi connectivity index (χ2n) is 7.41. The third-order valence-electron chi connectivity index (χ3n) is 4.08. The summed E-state index contributed by atoms with van der Waals surface area (Å²) in [6.45, 7) is 5.63. The first-order chi connectivity index (χ1) is 12.7. The number of nitrogens with one attached hydrogen (secondary N) is 2. The minimum atomic E-state index is -0.416. The average molecular weight is 362 g/mol. The Morgan fingerprint density at radius 1 is 1.15 bits per heavy atom. The Labute approximate surface area is 157 Å². The number of carbonyl (C=O) groups is 2. The van der Waals surface area contributed by atoms with Gasteiger partial charge in [0, 0.05) is 27.7 Å². The van der Waals surface area contributed by atoms with Crippen LogP contribution >= 0.6 is 0 Å². The van der Waals surface area contributed by atoms with Crippen LogP contribution in [0.5, 0.6) is 0 Å². The lowest BCUT2D eigenvalue weighted by Gasteiger charge is -2.12. The zero-order valence-electron chi connectivity index (χ0n) is 15.5. The number of hydrogen-bond donors (Lipinski definition) is 3. The number of amides is 1. The number of rotatable bonds is 4. The number of nitrogens with two attached hydrogens (primary N) is 1. The van der Waals surface area contributed by atoms with E-state index in [9.17, 15) is 9.59 Å². The molecule has 0 aliphatic rings. The van der Waals surface area contributed by atoms with E-state index in [1.54, 1.807) is 42.6 Å². The molecule has 0 aliphatic carbocycles. The highest BCUT2D eigenvalue weighted by Crippen LogP contribution is 2.20. The molecule has 138 valence electrons. The summed E-state index contributed by atoms with van der Waals surface area (Å²) in [4.78, 5) is 31.8. The van der Waals surface area contributed by atoms with Crippen molar-refractivity contribution in [3.8, 4) is 0 Å². The van der Waals surface area contributed by atoms with E-state index >= 15 is 0 Å². The zero-order valence-corrected chi connectivity index (χ0v) is 15.5. The van der Waals surface area contributed by atoms with Crippen LogP contribution in [0.4, 0.5) is 11.4 Å². The van der Waals surface area contributed by atoms with Gasteiger partial charge in [0.1, 0.15) is 5.65 Å². The van der Waals surface area contributed by atoms with Crippen molar-refractivity contribution in [2.75, 3.05) is 11.1 Å². The third kappa shape index (κ3) is 4.41. The summed E-state index contributed by atoms with van der Waals surface area (Å²) >= 11 is 0. The normalized spacial score (nSPS) is 11.8. The van der Waals surface area contributed by atoms with Gasteiger partial charge in [0.2, 0.25) is 0 Å². The Bertz CT molecular complexity index is 1020. The molecule has 6 nitrogen and oxygen atoms in total. The van der Waals surface area contributed by atoms with Gasteiger partial charge in [-0.2, -0.15) is 0 Å². The summed E-state index contributed by atoms with van der Waals surface area (Å²) < 4.78 is 0. The van der Waals surface area contributed by atoms with Crippen molar-refractivity contribution in [3.05, 3.63) is 59.9 Å². The largest absolute Gasteiger partial charge is 0.399 e. The molecule has 0 saturated carbocycles. The van der Waals surface area contributed by atoms with E-state index in [1.165, 1.54) is 0 Å². The van der Waals surface area contributed by atoms with E-state index in [4.69, 9.17) is 5.73 Å². The maximum Gasteiger partial charge on any atom is 0.255 e. The molecule has 2 aromatic heterocycles. The Hall–Kier alpha value is -3.41. The highest BCUT2D eigenvalue weighted by atomic mass is 16.1. The summed E-state index contributed by atoms with van der Waals surface area (Å²) in [6, 6.07) is 10.4. The topological polar surface area (TPSA) is 101 Å². The van der Waals surface area contributed by atoms with Crippen molar-refractivity contribution in [3.63, 3.8) is 0 Å². The van der Waals surface area contributed by atoms with Gasteiger partial charge in [0.25, 0.3) is 5.91 Å². The zero-order chi connectivity index (χ0) is 19.6. The lowest BCUT2D eigenvalue weighted by Crippen LogP contribution is -2.17. The molecule has 0 radical (unpaired) electrons. The van der Waals surface area contributed by atoms with Crippen molar-refractivity contribution >= 4 is 40.2 Å². The second-order valence-corrected chi connectivity index (χ2v) is 7.41. The van der Waals surface area contributed by atoms with Crippen molar-refractivity contribution < 1.29 is 9.59 Å². The van der Waals surface area contributed by atoms with Crippen molar-refractivity contribution in [2.24, 2.45) is 5.41 Å². The van der Waals surface area contributed by atoms with Gasteiger partial charge >= 0.3 is 0 Å². The molecule has 27 heavy (non-hydrogen) atoms. The Kier molecular flexibility index (Phi) is 4.81. The van der Waals surface area contributed by atoms with Gasteiger partial charge in [-0.05, 0) is 48.6 Å². The fraction of sp³-hybridized carbons (Fsp3) is 0.190. The molecule has 0 atom stereocenters. The number of benzene rings is 1. The number of hydrogen-bond acceptors (Lipinski definition) is 4. The number of nitrogens with zero attached hydrogens (tertiary/aromatic N) is 1. The maximum absolute atomic E-state index is 12.3. The number of nitrogen functional groups attached to an aromatic ring is 1. The van der Waals surface area contributed by atoms with E-state index in [0.717, 1.165) is 11.1 Å². The molecule has 1 amide bonds. The van der Waals surface area contributed by atoms with Gasteiger partial charge in [0.05, 0.1) is 11.9 Å². The first-order valence-electron chi connectivity index (χ1n) is 8.60. The quantitative estimate of drug-likeness (QED) is 0.482. The Morgan fingerprint density at radius 3 is 2.52 bits per heavy atom. The summed E-state index contributed by atoms with van der Waals surface area (Å²) in [5, 5.41) is 3.66. The van der Waals surface area contributed by atoms with Crippen LogP contribution in [0.2, 0.25) is 0 Å². The van der Waals surface area contributed by atoms with E-state index in [-0.39, 0.29) is 11.7 Å². The standard InChI is InChI=1S/C21H22N4O2/c1-21(2,3)18(26)9-8-16-10-14-11-17(12-23-19(14)24-16)25-20(27)13-4-6-15(22)7-5-13/h4-12H,22H2,1-3H3,(H,23,24)(H,25,27)/b9-8+. The van der Waals surface area contributed by atoms with E-state index in [2.05, 4.69) is 15.3 Å². The first kappa shape index (κ1) is 18.4. The van der Waals surface area contributed by atoms with Crippen LogP contribution in [-0.2, 0) is 4.79 Å². The highest BCUT2D eigenvalue weighted by Gasteiger charge is 2.18. The van der Waals surface area contributed by atoms with Crippen LogP contribution in [0.1, 0.15) is 36.8 Å². The predicted octanol–water partition coefficient (Wildman–Crippen LogP) is 4.03. The number of fused-ring (bicyclic) bond motifs is 1. The Morgan fingerprint density at radius 2 is 1.85 bits per heavy atom. The lowest BCUT2D eigenvalue weighted by atomic mass is 9.90. The molecule has 0 bridgehead atoms. The minimum absolute atomic E-state index is 0.0468. The molecule has 0 spiro atoms. The molecule has 1 aromatic carbocycles. The van der Waals surface area contributed by atoms with Crippen molar-refractivity contribution in [1.82, 2.24) is 9.97 Å². The van der Waals surface area contributed by atoms with Crippen LogP contribution in [-0.4, -0.2) is 21.7 Å². The molecule has 0 saturated heterocycles. The molecule has 6 heteroatoms. The van der Waals surface area contributed by atoms with E-state index in [0.29, 0.717) is 22.6 Å². The summed E-state index contributed by atoms with van der Waals surface area (Å²) in [6.07, 6.45) is 4.89. The predicted molar refractivity (Wildman–Crippen MR) is 108 cm³/mol. The molecule has 0 aliphatic heterocycles. The molecule has 0 unspecified atom stereocenters. The van der Waals surface area contributed by atoms with Crippen molar-refractivity contribution in [2.45, 2.75) is 20.8 Å².